The monoisotopic (exact) mass is 334 g/mol. The van der Waals surface area contributed by atoms with Crippen molar-refractivity contribution in [2.45, 2.75) is 25.2 Å². The lowest BCUT2D eigenvalue weighted by Gasteiger charge is -2.28. The number of rotatable bonds is 1. The van der Waals surface area contributed by atoms with Gasteiger partial charge in [-0.2, -0.15) is 0 Å². The molecule has 0 bridgehead atoms. The van der Waals surface area contributed by atoms with Gasteiger partial charge in [-0.05, 0) is 13.3 Å². The van der Waals surface area contributed by atoms with Crippen molar-refractivity contribution in [2.24, 2.45) is 0 Å². The SMILES string of the molecule is Bc1c(B)c(N)c2c(=O)n(C3CC(B)C(=O)NC3=O)c(C)nc2c1B. The van der Waals surface area contributed by atoms with E-state index in [0.717, 1.165) is 16.4 Å². The third-order valence-corrected chi connectivity index (χ3v) is 5.33. The summed E-state index contributed by atoms with van der Waals surface area (Å²) in [6.45, 7) is 1.69. The summed E-state index contributed by atoms with van der Waals surface area (Å²) in [6, 6.07) is -0.765. The van der Waals surface area contributed by atoms with Gasteiger partial charge in [0.05, 0.1) is 10.9 Å². The molecule has 25 heavy (non-hydrogen) atoms. The number of imide groups is 1. The van der Waals surface area contributed by atoms with E-state index in [4.69, 9.17) is 5.73 Å². The molecule has 2 aromatic rings. The average Bonchev–Trinajstić information content (AvgIpc) is 2.55. The first kappa shape index (κ1) is 17.4. The fourth-order valence-corrected chi connectivity index (χ4v) is 3.47. The minimum atomic E-state index is -0.765. The standard InChI is InChI=1S/C14H18B4N4O3/c1-3-20-11-6(10(19)8(17)7(16)9(11)18)14(25)22(3)5-2-4(15)12(23)21-13(5)24/h4-5H,2,15-19H2,1H3,(H,21,23,24). The van der Waals surface area contributed by atoms with Crippen LogP contribution in [0.3, 0.4) is 0 Å². The molecule has 1 aliphatic heterocycles. The van der Waals surface area contributed by atoms with Crippen LogP contribution in [-0.4, -0.2) is 52.8 Å². The third kappa shape index (κ3) is 2.49. The van der Waals surface area contributed by atoms with Crippen LogP contribution in [0, 0.1) is 6.92 Å². The van der Waals surface area contributed by atoms with Crippen LogP contribution in [0.1, 0.15) is 18.3 Å². The molecule has 1 aromatic carbocycles. The molecule has 1 aliphatic rings. The molecular formula is C14H18B4N4O3. The Morgan fingerprint density at radius 2 is 1.76 bits per heavy atom. The zero-order valence-corrected chi connectivity index (χ0v) is 15.1. The molecule has 0 aliphatic carbocycles. The Bertz CT molecular complexity index is 1000. The molecule has 7 nitrogen and oxygen atoms in total. The molecule has 2 atom stereocenters. The predicted molar refractivity (Wildman–Crippen MR) is 109 cm³/mol. The summed E-state index contributed by atoms with van der Waals surface area (Å²) in [5.74, 6) is -0.718. The smallest absolute Gasteiger partial charge is 0.264 e. The fraction of sp³-hybridized carbons (Fsp3) is 0.286. The number of carbonyl (C=O) groups is 2. The summed E-state index contributed by atoms with van der Waals surface area (Å²) < 4.78 is 1.37. The van der Waals surface area contributed by atoms with Crippen molar-refractivity contribution in [3.8, 4) is 0 Å². The van der Waals surface area contributed by atoms with Crippen molar-refractivity contribution >= 4 is 76.2 Å². The first-order chi connectivity index (χ1) is 11.6. The second kappa shape index (κ2) is 5.82. The number of hydrogen-bond acceptors (Lipinski definition) is 5. The topological polar surface area (TPSA) is 107 Å². The molecule has 2 amide bonds. The molecule has 0 saturated carbocycles. The molecule has 1 aromatic heterocycles. The molecule has 2 heterocycles. The van der Waals surface area contributed by atoms with Crippen molar-refractivity contribution in [2.75, 3.05) is 5.73 Å². The van der Waals surface area contributed by atoms with Gasteiger partial charge in [0.15, 0.2) is 0 Å². The number of hydrogen-bond donors (Lipinski definition) is 2. The van der Waals surface area contributed by atoms with E-state index in [2.05, 4.69) is 10.3 Å². The van der Waals surface area contributed by atoms with Crippen molar-refractivity contribution in [1.82, 2.24) is 14.9 Å². The number of nitrogens with zero attached hydrogens (tertiary/aromatic N) is 2. The molecule has 3 N–H and O–H groups in total. The number of nitrogen functional groups attached to an aromatic ring is 1. The average molecular weight is 334 g/mol. The predicted octanol–water partition coefficient (Wildman–Crippen LogP) is -5.93. The number of anilines is 1. The van der Waals surface area contributed by atoms with Crippen molar-refractivity contribution in [1.29, 1.82) is 0 Å². The quantitative estimate of drug-likeness (QED) is 0.307. The first-order valence-corrected chi connectivity index (χ1v) is 8.27. The Kier molecular flexibility index (Phi) is 4.05. The largest absolute Gasteiger partial charge is 0.398 e. The second-order valence-electron chi connectivity index (χ2n) is 6.85. The molecule has 124 valence electrons. The van der Waals surface area contributed by atoms with Gasteiger partial charge in [0.25, 0.3) is 5.56 Å². The van der Waals surface area contributed by atoms with Crippen LogP contribution in [-0.2, 0) is 9.59 Å². The van der Waals surface area contributed by atoms with Gasteiger partial charge in [0.1, 0.15) is 43.3 Å². The number of amides is 2. The lowest BCUT2D eigenvalue weighted by Crippen LogP contribution is -2.48. The van der Waals surface area contributed by atoms with Crippen LogP contribution in [0.2, 0.25) is 5.82 Å². The van der Waals surface area contributed by atoms with Crippen molar-refractivity contribution in [3.05, 3.63) is 16.2 Å². The molecule has 11 heteroatoms. The second-order valence-corrected chi connectivity index (χ2v) is 6.85. The van der Waals surface area contributed by atoms with E-state index in [1.807, 2.05) is 23.5 Å². The number of aryl methyl sites for hydroxylation is 1. The maximum absolute atomic E-state index is 13.2. The highest BCUT2D eigenvalue weighted by Crippen LogP contribution is 2.25. The Balaban J connectivity index is 2.33. The number of nitrogens with two attached hydrogens (primary N) is 1. The highest BCUT2D eigenvalue weighted by atomic mass is 16.2. The summed E-state index contributed by atoms with van der Waals surface area (Å²) in [4.78, 5) is 41.8. The zero-order chi connectivity index (χ0) is 18.6. The maximum atomic E-state index is 13.2. The summed E-state index contributed by atoms with van der Waals surface area (Å²) in [5.41, 5.74) is 9.59. The number of carbonyl (C=O) groups excluding carboxylic acids is 2. The molecule has 1 saturated heterocycles. The summed E-state index contributed by atoms with van der Waals surface area (Å²) >= 11 is 0. The summed E-state index contributed by atoms with van der Waals surface area (Å²) in [7, 11) is 7.46. The van der Waals surface area contributed by atoms with Gasteiger partial charge in [0.2, 0.25) is 11.8 Å². The van der Waals surface area contributed by atoms with E-state index in [1.165, 1.54) is 4.57 Å². The third-order valence-electron chi connectivity index (χ3n) is 5.33. The minimum Gasteiger partial charge on any atom is -0.398 e. The van der Waals surface area contributed by atoms with Crippen molar-refractivity contribution in [3.63, 3.8) is 0 Å². The van der Waals surface area contributed by atoms with Crippen molar-refractivity contribution < 1.29 is 9.59 Å². The van der Waals surface area contributed by atoms with Gasteiger partial charge in [-0.1, -0.05) is 16.4 Å². The van der Waals surface area contributed by atoms with E-state index in [9.17, 15) is 14.4 Å². The zero-order valence-electron chi connectivity index (χ0n) is 15.1. The molecule has 0 spiro atoms. The highest BCUT2D eigenvalue weighted by Gasteiger charge is 2.35. The number of benzene rings is 1. The molecule has 0 radical (unpaired) electrons. The lowest BCUT2D eigenvalue weighted by atomic mass is 9.70. The fourth-order valence-electron chi connectivity index (χ4n) is 3.47. The molecular weight excluding hydrogens is 315 g/mol. The minimum absolute atomic E-state index is 0.266. The normalized spacial score (nSPS) is 20.7. The number of nitrogens with one attached hydrogen (secondary N) is 1. The van der Waals surface area contributed by atoms with Crippen LogP contribution in [0.5, 0.6) is 0 Å². The summed E-state index contributed by atoms with van der Waals surface area (Å²) in [5, 5.41) is 2.67. The van der Waals surface area contributed by atoms with Gasteiger partial charge in [-0.3, -0.25) is 24.3 Å². The molecule has 2 unspecified atom stereocenters. The number of aromatic nitrogens is 2. The molecule has 1 fully saturated rings. The van der Waals surface area contributed by atoms with Gasteiger partial charge in [-0.15, -0.1) is 0 Å². The van der Waals surface area contributed by atoms with Crippen LogP contribution in [0.4, 0.5) is 5.69 Å². The van der Waals surface area contributed by atoms with E-state index >= 15 is 0 Å². The highest BCUT2D eigenvalue weighted by molar-refractivity contribution is 6.61. The van der Waals surface area contributed by atoms with E-state index in [1.54, 1.807) is 14.8 Å². The van der Waals surface area contributed by atoms with Gasteiger partial charge >= 0.3 is 0 Å². The van der Waals surface area contributed by atoms with Gasteiger partial charge < -0.3 is 5.73 Å². The van der Waals surface area contributed by atoms with E-state index in [-0.39, 0.29) is 23.7 Å². The van der Waals surface area contributed by atoms with E-state index < -0.39 is 11.9 Å². The number of fused-ring (bicyclic) bond motifs is 1. The van der Waals surface area contributed by atoms with Crippen LogP contribution in [0.15, 0.2) is 4.79 Å². The maximum Gasteiger partial charge on any atom is 0.264 e. The Morgan fingerprint density at radius 1 is 1.12 bits per heavy atom. The summed E-state index contributed by atoms with van der Waals surface area (Å²) in [6.07, 6.45) is 0.266. The van der Waals surface area contributed by atoms with Crippen LogP contribution in [0.25, 0.3) is 10.9 Å². The van der Waals surface area contributed by atoms with Gasteiger partial charge in [-0.25, -0.2) is 4.98 Å². The lowest BCUT2D eigenvalue weighted by molar-refractivity contribution is -0.135. The van der Waals surface area contributed by atoms with Gasteiger partial charge in [0, 0.05) is 11.5 Å². The Morgan fingerprint density at radius 3 is 2.40 bits per heavy atom. The molecule has 3 rings (SSSR count). The van der Waals surface area contributed by atoms with Crippen LogP contribution >= 0.6 is 0 Å². The first-order valence-electron chi connectivity index (χ1n) is 8.27. The van der Waals surface area contributed by atoms with Crippen LogP contribution < -0.4 is 33.0 Å². The Labute approximate surface area is 148 Å². The number of piperidine rings is 1. The van der Waals surface area contributed by atoms with E-state index in [0.29, 0.717) is 22.4 Å². The Hall–Kier alpha value is -2.44.